The molecule has 180 valence electrons. The first-order valence-electron chi connectivity index (χ1n) is 12.0. The summed E-state index contributed by atoms with van der Waals surface area (Å²) in [6.07, 6.45) is 5.83. The number of rotatable bonds is 10. The van der Waals surface area contributed by atoms with Gasteiger partial charge in [-0.3, -0.25) is 4.90 Å². The second kappa shape index (κ2) is 11.7. The lowest BCUT2D eigenvalue weighted by Crippen LogP contribution is -2.39. The van der Waals surface area contributed by atoms with Crippen LogP contribution in [0.3, 0.4) is 0 Å². The third-order valence-corrected chi connectivity index (χ3v) is 5.96. The lowest BCUT2D eigenvalue weighted by molar-refractivity contribution is 0.210. The van der Waals surface area contributed by atoms with Crippen LogP contribution >= 0.6 is 0 Å². The van der Waals surface area contributed by atoms with E-state index in [1.807, 2.05) is 56.6 Å². The predicted molar refractivity (Wildman–Crippen MR) is 135 cm³/mol. The van der Waals surface area contributed by atoms with Crippen LogP contribution in [0.2, 0.25) is 0 Å². The fraction of sp³-hybridized carbons (Fsp3) is 0.407. The Kier molecular flexibility index (Phi) is 8.20. The Bertz CT molecular complexity index is 1010. The largest absolute Gasteiger partial charge is 0.497 e. The maximum absolute atomic E-state index is 5.73. The number of hydrogen-bond donors (Lipinski definition) is 1. The number of anilines is 1. The van der Waals surface area contributed by atoms with Gasteiger partial charge in [0.2, 0.25) is 5.95 Å². The van der Waals surface area contributed by atoms with Gasteiger partial charge in [0.25, 0.3) is 0 Å². The van der Waals surface area contributed by atoms with Crippen molar-refractivity contribution in [3.63, 3.8) is 0 Å². The fourth-order valence-corrected chi connectivity index (χ4v) is 4.23. The molecule has 1 aliphatic heterocycles. The molecule has 7 heteroatoms. The van der Waals surface area contributed by atoms with E-state index in [4.69, 9.17) is 14.2 Å². The molecule has 0 bridgehead atoms. The number of aromatic nitrogens is 2. The van der Waals surface area contributed by atoms with Gasteiger partial charge in [0.05, 0.1) is 20.3 Å². The SMILES string of the molecule is CCOc1cc(CN2CCC(Nc3ncc(-c4ccc(OC)cc4)cn3)CC2)cc(OCC)c1. The maximum atomic E-state index is 5.73. The van der Waals surface area contributed by atoms with Crippen LogP contribution in [0, 0.1) is 0 Å². The lowest BCUT2D eigenvalue weighted by atomic mass is 10.0. The Balaban J connectivity index is 1.29. The van der Waals surface area contributed by atoms with E-state index >= 15 is 0 Å². The third-order valence-electron chi connectivity index (χ3n) is 5.96. The molecule has 7 nitrogen and oxygen atoms in total. The molecule has 1 aromatic heterocycles. The lowest BCUT2D eigenvalue weighted by Gasteiger charge is -2.32. The van der Waals surface area contributed by atoms with Crippen LogP contribution < -0.4 is 19.5 Å². The number of nitrogens with one attached hydrogen (secondary N) is 1. The standard InChI is InChI=1S/C27H34N4O3/c1-4-33-25-14-20(15-26(16-25)34-5-2)19-31-12-10-23(11-13-31)30-27-28-17-22(18-29-27)21-6-8-24(32-3)9-7-21/h6-9,14-18,23H,4-5,10-13,19H2,1-3H3,(H,28,29,30). The van der Waals surface area contributed by atoms with E-state index in [0.717, 1.165) is 60.9 Å². The minimum Gasteiger partial charge on any atom is -0.497 e. The summed E-state index contributed by atoms with van der Waals surface area (Å²) in [6.45, 7) is 8.22. The van der Waals surface area contributed by atoms with E-state index in [9.17, 15) is 0 Å². The molecule has 1 N–H and O–H groups in total. The van der Waals surface area contributed by atoms with E-state index in [0.29, 0.717) is 25.2 Å². The molecule has 1 fully saturated rings. The molecule has 2 aromatic carbocycles. The molecule has 2 heterocycles. The summed E-state index contributed by atoms with van der Waals surface area (Å²) in [5.74, 6) is 3.26. The number of likely N-dealkylation sites (tertiary alicyclic amines) is 1. The van der Waals surface area contributed by atoms with Crippen molar-refractivity contribution in [2.45, 2.75) is 39.3 Å². The average molecular weight is 463 g/mol. The molecule has 34 heavy (non-hydrogen) atoms. The van der Waals surface area contributed by atoms with Gasteiger partial charge in [-0.25, -0.2) is 9.97 Å². The van der Waals surface area contributed by atoms with E-state index in [1.165, 1.54) is 5.56 Å². The molecular weight excluding hydrogens is 428 g/mol. The Morgan fingerprint density at radius 1 is 0.853 bits per heavy atom. The summed E-state index contributed by atoms with van der Waals surface area (Å²) in [5.41, 5.74) is 3.28. The number of benzene rings is 2. The molecule has 0 spiro atoms. The molecular formula is C27H34N4O3. The van der Waals surface area contributed by atoms with Crippen molar-refractivity contribution in [1.29, 1.82) is 0 Å². The molecule has 3 aromatic rings. The number of nitrogens with zero attached hydrogens (tertiary/aromatic N) is 3. The number of ether oxygens (including phenoxy) is 3. The molecule has 1 aliphatic rings. The second-order valence-corrected chi connectivity index (χ2v) is 8.40. The van der Waals surface area contributed by atoms with Gasteiger partial charge in [-0.05, 0) is 62.1 Å². The second-order valence-electron chi connectivity index (χ2n) is 8.40. The van der Waals surface area contributed by atoms with Crippen LogP contribution in [0.5, 0.6) is 17.2 Å². The zero-order chi connectivity index (χ0) is 23.8. The zero-order valence-corrected chi connectivity index (χ0v) is 20.3. The van der Waals surface area contributed by atoms with Gasteiger partial charge in [0, 0.05) is 49.7 Å². The minimum absolute atomic E-state index is 0.372. The summed E-state index contributed by atoms with van der Waals surface area (Å²) in [7, 11) is 1.67. The zero-order valence-electron chi connectivity index (χ0n) is 20.3. The van der Waals surface area contributed by atoms with Gasteiger partial charge < -0.3 is 19.5 Å². The summed E-state index contributed by atoms with van der Waals surface area (Å²) in [5, 5.41) is 3.51. The van der Waals surface area contributed by atoms with Gasteiger partial charge >= 0.3 is 0 Å². The molecule has 4 rings (SSSR count). The Hall–Kier alpha value is -3.32. The summed E-state index contributed by atoms with van der Waals surface area (Å²) < 4.78 is 16.7. The monoisotopic (exact) mass is 462 g/mol. The van der Waals surface area contributed by atoms with Gasteiger partial charge in [0.15, 0.2) is 0 Å². The van der Waals surface area contributed by atoms with Gasteiger partial charge in [-0.15, -0.1) is 0 Å². The average Bonchev–Trinajstić information content (AvgIpc) is 2.86. The number of methoxy groups -OCH3 is 1. The van der Waals surface area contributed by atoms with Crippen molar-refractivity contribution in [1.82, 2.24) is 14.9 Å². The van der Waals surface area contributed by atoms with Gasteiger partial charge in [-0.2, -0.15) is 0 Å². The van der Waals surface area contributed by atoms with E-state index < -0.39 is 0 Å². The van der Waals surface area contributed by atoms with Crippen LogP contribution in [0.4, 0.5) is 5.95 Å². The topological polar surface area (TPSA) is 68.7 Å². The first kappa shape index (κ1) is 23.8. The molecule has 0 aliphatic carbocycles. The van der Waals surface area contributed by atoms with Crippen molar-refractivity contribution in [2.24, 2.45) is 0 Å². The van der Waals surface area contributed by atoms with Crippen molar-refractivity contribution in [3.8, 4) is 28.4 Å². The highest BCUT2D eigenvalue weighted by molar-refractivity contribution is 5.62. The maximum Gasteiger partial charge on any atom is 0.222 e. The molecule has 0 atom stereocenters. The van der Waals surface area contributed by atoms with Gasteiger partial charge in [-0.1, -0.05) is 12.1 Å². The van der Waals surface area contributed by atoms with Crippen LogP contribution in [-0.2, 0) is 6.54 Å². The fourth-order valence-electron chi connectivity index (χ4n) is 4.23. The summed E-state index contributed by atoms with van der Waals surface area (Å²) in [6, 6.07) is 14.5. The highest BCUT2D eigenvalue weighted by atomic mass is 16.5. The summed E-state index contributed by atoms with van der Waals surface area (Å²) in [4.78, 5) is 11.6. The van der Waals surface area contributed by atoms with Crippen molar-refractivity contribution in [3.05, 3.63) is 60.4 Å². The third kappa shape index (κ3) is 6.38. The van der Waals surface area contributed by atoms with E-state index in [-0.39, 0.29) is 0 Å². The molecule has 1 saturated heterocycles. The predicted octanol–water partition coefficient (Wildman–Crippen LogP) is 5.03. The van der Waals surface area contributed by atoms with Gasteiger partial charge in [0.1, 0.15) is 17.2 Å². The van der Waals surface area contributed by atoms with E-state index in [2.05, 4.69) is 32.3 Å². The van der Waals surface area contributed by atoms with Crippen LogP contribution in [0.25, 0.3) is 11.1 Å². The Morgan fingerprint density at radius 2 is 1.47 bits per heavy atom. The van der Waals surface area contributed by atoms with Crippen LogP contribution in [-0.4, -0.2) is 54.3 Å². The van der Waals surface area contributed by atoms with Crippen LogP contribution in [0.15, 0.2) is 54.9 Å². The molecule has 0 saturated carbocycles. The Labute approximate surface area is 202 Å². The summed E-state index contributed by atoms with van der Waals surface area (Å²) >= 11 is 0. The molecule has 0 amide bonds. The smallest absolute Gasteiger partial charge is 0.222 e. The van der Waals surface area contributed by atoms with Crippen molar-refractivity contribution < 1.29 is 14.2 Å². The Morgan fingerprint density at radius 3 is 2.03 bits per heavy atom. The quantitative estimate of drug-likeness (QED) is 0.453. The number of hydrogen-bond acceptors (Lipinski definition) is 7. The minimum atomic E-state index is 0.372. The first-order chi connectivity index (χ1) is 16.7. The highest BCUT2D eigenvalue weighted by Crippen LogP contribution is 2.26. The highest BCUT2D eigenvalue weighted by Gasteiger charge is 2.20. The van der Waals surface area contributed by atoms with E-state index in [1.54, 1.807) is 7.11 Å². The normalized spacial score (nSPS) is 14.6. The first-order valence-corrected chi connectivity index (χ1v) is 12.0. The van der Waals surface area contributed by atoms with Crippen LogP contribution in [0.1, 0.15) is 32.3 Å². The molecule has 0 radical (unpaired) electrons. The number of piperidine rings is 1. The van der Waals surface area contributed by atoms with Crippen molar-refractivity contribution >= 4 is 5.95 Å². The van der Waals surface area contributed by atoms with Crippen molar-refractivity contribution in [2.75, 3.05) is 38.7 Å². The molecule has 0 unspecified atom stereocenters.